The number of unbranched alkanes of at least 4 members (excludes halogenated alkanes) is 2. The van der Waals surface area contributed by atoms with Gasteiger partial charge in [0.2, 0.25) is 0 Å². The molecule has 15 heavy (non-hydrogen) atoms. The first-order chi connectivity index (χ1) is 6.24. The Kier molecular flexibility index (Phi) is 17.8. The van der Waals surface area contributed by atoms with Crippen LogP contribution < -0.4 is 6.15 Å². The highest BCUT2D eigenvalue weighted by atomic mass is 127. The predicted molar refractivity (Wildman–Crippen MR) is 81.3 cm³/mol. The predicted octanol–water partition coefficient (Wildman–Crippen LogP) is 4.22. The van der Waals surface area contributed by atoms with E-state index >= 15 is 0 Å². The lowest BCUT2D eigenvalue weighted by molar-refractivity contribution is -0.925. The first-order valence-electron chi connectivity index (χ1n) is 6.09. The van der Waals surface area contributed by atoms with Gasteiger partial charge in [-0.05, 0) is 26.7 Å². The molecule has 0 fully saturated rings. The summed E-state index contributed by atoms with van der Waals surface area (Å²) in [5, 5.41) is 0. The number of rotatable bonds is 8. The van der Waals surface area contributed by atoms with E-state index in [2.05, 4.69) is 27.7 Å². The fourth-order valence-electron chi connectivity index (χ4n) is 1.95. The van der Waals surface area contributed by atoms with Crippen molar-refractivity contribution in [2.75, 3.05) is 26.2 Å². The molecular weight excluding hydrogens is 299 g/mol. The van der Waals surface area contributed by atoms with Gasteiger partial charge in [0.05, 0.1) is 26.2 Å². The van der Waals surface area contributed by atoms with Crippen molar-refractivity contribution in [1.82, 2.24) is 6.15 Å². The smallest absolute Gasteiger partial charge is 0.0786 e. The Bertz CT molecular complexity index is 104. The van der Waals surface area contributed by atoms with E-state index in [1.165, 1.54) is 56.3 Å². The maximum Gasteiger partial charge on any atom is 0.0786 e. The van der Waals surface area contributed by atoms with Crippen LogP contribution in [0.1, 0.15) is 53.4 Å². The van der Waals surface area contributed by atoms with Crippen LogP contribution in [0.25, 0.3) is 0 Å². The molecule has 0 saturated heterocycles. The van der Waals surface area contributed by atoms with Crippen LogP contribution in [-0.4, -0.2) is 30.7 Å². The van der Waals surface area contributed by atoms with E-state index in [-0.39, 0.29) is 30.1 Å². The van der Waals surface area contributed by atoms with E-state index in [1.54, 1.807) is 0 Å². The molecule has 0 aromatic rings. The van der Waals surface area contributed by atoms with Gasteiger partial charge < -0.3 is 10.6 Å². The Morgan fingerprint density at radius 1 is 0.733 bits per heavy atom. The molecule has 0 unspecified atom stereocenters. The maximum absolute atomic E-state index is 2.34. The zero-order chi connectivity index (χ0) is 10.2. The van der Waals surface area contributed by atoms with Gasteiger partial charge in [0, 0.05) is 0 Å². The Morgan fingerprint density at radius 3 is 1.27 bits per heavy atom. The second-order valence-electron chi connectivity index (χ2n) is 4.13. The Labute approximate surface area is 114 Å². The van der Waals surface area contributed by atoms with Gasteiger partial charge in [-0.3, -0.25) is 0 Å². The van der Waals surface area contributed by atoms with Crippen LogP contribution in [0.4, 0.5) is 0 Å². The summed E-state index contributed by atoms with van der Waals surface area (Å²) in [7, 11) is 0. The minimum atomic E-state index is 0. The van der Waals surface area contributed by atoms with Crippen molar-refractivity contribution in [3.63, 3.8) is 0 Å². The average molecular weight is 331 g/mol. The van der Waals surface area contributed by atoms with Crippen molar-refractivity contribution in [2.45, 2.75) is 53.4 Å². The van der Waals surface area contributed by atoms with Gasteiger partial charge in [0.25, 0.3) is 0 Å². The molecule has 0 heterocycles. The molecule has 0 radical (unpaired) electrons. The van der Waals surface area contributed by atoms with Gasteiger partial charge in [0.1, 0.15) is 0 Å². The SMILES string of the molecule is CCCC[N+](CC)(CC)CCCC.I.N. The molecule has 0 aliphatic heterocycles. The standard InChI is InChI=1S/C12H28N.HI.H3N/c1-5-9-11-13(7-3,8-4)12-10-6-2;;/h5-12H2,1-4H3;1H;1H3/q+1;;. The topological polar surface area (TPSA) is 35.0 Å². The Morgan fingerprint density at radius 2 is 1.07 bits per heavy atom. The van der Waals surface area contributed by atoms with Crippen LogP contribution in [-0.2, 0) is 0 Å². The fraction of sp³-hybridized carbons (Fsp3) is 1.00. The van der Waals surface area contributed by atoms with E-state index in [0.29, 0.717) is 0 Å². The normalized spacial score (nSPS) is 10.4. The van der Waals surface area contributed by atoms with Gasteiger partial charge in [0.15, 0.2) is 0 Å². The first kappa shape index (κ1) is 21.0. The van der Waals surface area contributed by atoms with Crippen molar-refractivity contribution in [2.24, 2.45) is 0 Å². The second kappa shape index (κ2) is 12.7. The highest BCUT2D eigenvalue weighted by Gasteiger charge is 2.20. The van der Waals surface area contributed by atoms with Crippen LogP contribution in [0.3, 0.4) is 0 Å². The summed E-state index contributed by atoms with van der Waals surface area (Å²) >= 11 is 0. The zero-order valence-corrected chi connectivity index (χ0v) is 13.5. The first-order valence-corrected chi connectivity index (χ1v) is 6.09. The van der Waals surface area contributed by atoms with E-state index in [4.69, 9.17) is 0 Å². The third-order valence-corrected chi connectivity index (χ3v) is 3.31. The van der Waals surface area contributed by atoms with Gasteiger partial charge in [-0.25, -0.2) is 0 Å². The summed E-state index contributed by atoms with van der Waals surface area (Å²) in [6.07, 6.45) is 5.47. The lowest BCUT2D eigenvalue weighted by atomic mass is 10.2. The summed E-state index contributed by atoms with van der Waals surface area (Å²) in [5.74, 6) is 0. The van der Waals surface area contributed by atoms with E-state index in [0.717, 1.165) is 0 Å². The number of quaternary nitrogens is 1. The molecule has 2 nitrogen and oxygen atoms in total. The molecule has 3 heteroatoms. The number of hydrogen-bond acceptors (Lipinski definition) is 1. The lowest BCUT2D eigenvalue weighted by Gasteiger charge is -2.37. The Balaban J connectivity index is -0.000000720. The van der Waals surface area contributed by atoms with Crippen molar-refractivity contribution in [3.05, 3.63) is 0 Å². The molecule has 0 spiro atoms. The van der Waals surface area contributed by atoms with Crippen LogP contribution in [0.5, 0.6) is 0 Å². The van der Waals surface area contributed by atoms with E-state index in [1.807, 2.05) is 0 Å². The minimum absolute atomic E-state index is 0. The molecule has 0 aromatic heterocycles. The van der Waals surface area contributed by atoms with Crippen LogP contribution in [0, 0.1) is 0 Å². The molecule has 0 rings (SSSR count). The van der Waals surface area contributed by atoms with Gasteiger partial charge in [-0.2, -0.15) is 0 Å². The summed E-state index contributed by atoms with van der Waals surface area (Å²) < 4.78 is 1.35. The number of hydrogen-bond donors (Lipinski definition) is 1. The van der Waals surface area contributed by atoms with Gasteiger partial charge >= 0.3 is 0 Å². The zero-order valence-electron chi connectivity index (χ0n) is 11.2. The third-order valence-electron chi connectivity index (χ3n) is 3.31. The summed E-state index contributed by atoms with van der Waals surface area (Å²) in [5.41, 5.74) is 0. The molecule has 0 bridgehead atoms. The van der Waals surface area contributed by atoms with Crippen molar-refractivity contribution < 1.29 is 4.48 Å². The van der Waals surface area contributed by atoms with E-state index in [9.17, 15) is 0 Å². The lowest BCUT2D eigenvalue weighted by Crippen LogP contribution is -2.49. The highest BCUT2D eigenvalue weighted by Crippen LogP contribution is 2.11. The molecular formula is C12H32IN2+. The van der Waals surface area contributed by atoms with Crippen LogP contribution in [0.15, 0.2) is 0 Å². The molecule has 0 aliphatic carbocycles. The number of nitrogens with zero attached hydrogens (tertiary/aromatic N) is 1. The van der Waals surface area contributed by atoms with Gasteiger partial charge in [-0.15, -0.1) is 24.0 Å². The van der Waals surface area contributed by atoms with Crippen molar-refractivity contribution >= 4 is 24.0 Å². The molecule has 0 saturated carbocycles. The summed E-state index contributed by atoms with van der Waals surface area (Å²) in [6.45, 7) is 14.7. The average Bonchev–Trinajstić information content (AvgIpc) is 2.20. The van der Waals surface area contributed by atoms with Crippen LogP contribution >= 0.6 is 24.0 Å². The number of halogens is 1. The quantitative estimate of drug-likeness (QED) is 0.524. The van der Waals surface area contributed by atoms with Crippen molar-refractivity contribution in [3.8, 4) is 0 Å². The van der Waals surface area contributed by atoms with Crippen LogP contribution in [0.2, 0.25) is 0 Å². The Hall–Kier alpha value is 0.650. The molecule has 96 valence electrons. The maximum atomic E-state index is 2.34. The minimum Gasteiger partial charge on any atom is -0.344 e. The highest BCUT2D eigenvalue weighted by molar-refractivity contribution is 14.0. The third kappa shape index (κ3) is 8.46. The summed E-state index contributed by atoms with van der Waals surface area (Å²) in [4.78, 5) is 0. The fourth-order valence-corrected chi connectivity index (χ4v) is 1.95. The molecule has 3 N–H and O–H groups in total. The molecule has 0 atom stereocenters. The summed E-state index contributed by atoms with van der Waals surface area (Å²) in [6, 6.07) is 0. The molecule has 0 aromatic carbocycles. The largest absolute Gasteiger partial charge is 0.344 e. The van der Waals surface area contributed by atoms with Crippen molar-refractivity contribution in [1.29, 1.82) is 0 Å². The molecule has 0 amide bonds. The second-order valence-corrected chi connectivity index (χ2v) is 4.13. The monoisotopic (exact) mass is 331 g/mol. The van der Waals surface area contributed by atoms with Gasteiger partial charge in [-0.1, -0.05) is 26.7 Å². The molecule has 0 aliphatic rings. The van der Waals surface area contributed by atoms with E-state index < -0.39 is 0 Å².